The SMILES string of the molecule is CCC1=C(C(=O)OC)[C@@H](c2ccc(OCc3ccccc3)c(OC)c2)N2C(CC(=O)N[C@H](C)CC)=CSC2=N1. The lowest BCUT2D eigenvalue weighted by atomic mass is 9.92. The quantitative estimate of drug-likeness (QED) is 0.359. The van der Waals surface area contributed by atoms with Crippen LogP contribution in [0.1, 0.15) is 57.2 Å². The van der Waals surface area contributed by atoms with Gasteiger partial charge in [-0.15, -0.1) is 0 Å². The number of amides is 1. The number of ether oxygens (including phenoxy) is 3. The number of carbonyl (C=O) groups excluding carboxylic acids is 2. The fraction of sp³-hybridized carbons (Fsp3) is 0.367. The van der Waals surface area contributed by atoms with E-state index in [-0.39, 0.29) is 18.4 Å². The van der Waals surface area contributed by atoms with Crippen molar-refractivity contribution in [2.45, 2.75) is 58.7 Å². The molecule has 9 heteroatoms. The first kappa shape index (κ1) is 28.3. The molecule has 2 aromatic rings. The van der Waals surface area contributed by atoms with Crippen molar-refractivity contribution in [2.75, 3.05) is 14.2 Å². The van der Waals surface area contributed by atoms with E-state index in [1.54, 1.807) is 7.11 Å². The van der Waals surface area contributed by atoms with Crippen molar-refractivity contribution in [1.29, 1.82) is 0 Å². The molecule has 2 aromatic carbocycles. The monoisotopic (exact) mass is 549 g/mol. The number of hydrogen-bond donors (Lipinski definition) is 1. The first-order chi connectivity index (χ1) is 18.9. The number of esters is 1. The van der Waals surface area contributed by atoms with Gasteiger partial charge in [-0.3, -0.25) is 4.79 Å². The normalized spacial score (nSPS) is 17.2. The van der Waals surface area contributed by atoms with Gasteiger partial charge in [-0.25, -0.2) is 9.79 Å². The van der Waals surface area contributed by atoms with Gasteiger partial charge in [0.25, 0.3) is 0 Å². The fourth-order valence-electron chi connectivity index (χ4n) is 4.53. The minimum atomic E-state index is -0.547. The van der Waals surface area contributed by atoms with Gasteiger partial charge in [-0.1, -0.05) is 62.0 Å². The van der Waals surface area contributed by atoms with Gasteiger partial charge in [0, 0.05) is 11.7 Å². The molecular weight excluding hydrogens is 514 g/mol. The highest BCUT2D eigenvalue weighted by Gasteiger charge is 2.41. The summed E-state index contributed by atoms with van der Waals surface area (Å²) in [6.45, 7) is 6.36. The summed E-state index contributed by atoms with van der Waals surface area (Å²) < 4.78 is 17.0. The molecule has 0 saturated carbocycles. The molecule has 0 aliphatic carbocycles. The maximum absolute atomic E-state index is 13.2. The number of hydrogen-bond acceptors (Lipinski definition) is 8. The van der Waals surface area contributed by atoms with Gasteiger partial charge in [0.15, 0.2) is 16.7 Å². The Balaban J connectivity index is 1.71. The van der Waals surface area contributed by atoms with Crippen LogP contribution in [-0.2, 0) is 20.9 Å². The van der Waals surface area contributed by atoms with Gasteiger partial charge >= 0.3 is 5.97 Å². The van der Waals surface area contributed by atoms with Crippen molar-refractivity contribution < 1.29 is 23.8 Å². The number of fused-ring (bicyclic) bond motifs is 1. The van der Waals surface area contributed by atoms with Crippen molar-refractivity contribution in [3.63, 3.8) is 0 Å². The molecule has 0 bridgehead atoms. The van der Waals surface area contributed by atoms with E-state index in [0.29, 0.717) is 35.8 Å². The topological polar surface area (TPSA) is 89.5 Å². The van der Waals surface area contributed by atoms with E-state index in [1.807, 2.05) is 79.6 Å². The maximum atomic E-state index is 13.2. The summed E-state index contributed by atoms with van der Waals surface area (Å²) in [5.41, 5.74) is 3.71. The van der Waals surface area contributed by atoms with Crippen molar-refractivity contribution >= 4 is 28.8 Å². The Bertz CT molecular complexity index is 1300. The van der Waals surface area contributed by atoms with E-state index in [1.165, 1.54) is 18.9 Å². The van der Waals surface area contributed by atoms with Gasteiger partial charge in [-0.2, -0.15) is 0 Å². The summed E-state index contributed by atoms with van der Waals surface area (Å²) in [6.07, 6.45) is 1.56. The van der Waals surface area contributed by atoms with Crippen LogP contribution in [0.5, 0.6) is 11.5 Å². The molecule has 0 radical (unpaired) electrons. The minimum Gasteiger partial charge on any atom is -0.493 e. The van der Waals surface area contributed by atoms with Gasteiger partial charge in [0.1, 0.15) is 6.61 Å². The first-order valence-corrected chi connectivity index (χ1v) is 14.0. The molecule has 8 nitrogen and oxygen atoms in total. The molecule has 1 N–H and O–H groups in total. The highest BCUT2D eigenvalue weighted by molar-refractivity contribution is 8.16. The van der Waals surface area contributed by atoms with Crippen LogP contribution in [0.4, 0.5) is 0 Å². The summed E-state index contributed by atoms with van der Waals surface area (Å²) in [5.74, 6) is 0.599. The largest absolute Gasteiger partial charge is 0.493 e. The van der Waals surface area contributed by atoms with E-state index >= 15 is 0 Å². The number of nitrogens with one attached hydrogen (secondary N) is 1. The third kappa shape index (κ3) is 6.30. The Morgan fingerprint density at radius 1 is 1.10 bits per heavy atom. The zero-order chi connectivity index (χ0) is 27.9. The van der Waals surface area contributed by atoms with Gasteiger partial charge in [-0.05, 0) is 48.4 Å². The lowest BCUT2D eigenvalue weighted by Gasteiger charge is -2.36. The molecule has 206 valence electrons. The molecule has 2 atom stereocenters. The maximum Gasteiger partial charge on any atom is 0.338 e. The van der Waals surface area contributed by atoms with E-state index in [2.05, 4.69) is 5.32 Å². The van der Waals surface area contributed by atoms with Gasteiger partial charge in [0.2, 0.25) is 5.91 Å². The Morgan fingerprint density at radius 2 is 1.87 bits per heavy atom. The average Bonchev–Trinajstić information content (AvgIpc) is 3.36. The summed E-state index contributed by atoms with van der Waals surface area (Å²) in [6, 6.07) is 15.1. The third-order valence-corrected chi connectivity index (χ3v) is 7.62. The zero-order valence-corrected chi connectivity index (χ0v) is 23.8. The second kappa shape index (κ2) is 12.9. The van der Waals surface area contributed by atoms with Crippen LogP contribution in [0.15, 0.2) is 75.9 Å². The Labute approximate surface area is 234 Å². The summed E-state index contributed by atoms with van der Waals surface area (Å²) >= 11 is 1.45. The molecule has 0 saturated heterocycles. The van der Waals surface area contributed by atoms with Crippen LogP contribution >= 0.6 is 11.8 Å². The third-order valence-electron chi connectivity index (χ3n) is 6.73. The van der Waals surface area contributed by atoms with Crippen molar-refractivity contribution in [2.24, 2.45) is 4.99 Å². The van der Waals surface area contributed by atoms with E-state index in [9.17, 15) is 9.59 Å². The molecule has 0 fully saturated rings. The Morgan fingerprint density at radius 3 is 2.54 bits per heavy atom. The van der Waals surface area contributed by atoms with E-state index in [0.717, 1.165) is 28.4 Å². The number of rotatable bonds is 11. The van der Waals surface area contributed by atoms with Crippen LogP contribution in [-0.4, -0.2) is 42.2 Å². The number of benzene rings is 2. The lowest BCUT2D eigenvalue weighted by molar-refractivity contribution is -0.136. The molecule has 0 unspecified atom stereocenters. The molecule has 2 aliphatic heterocycles. The fourth-order valence-corrected chi connectivity index (χ4v) is 5.47. The molecule has 0 spiro atoms. The number of carbonyl (C=O) groups is 2. The van der Waals surface area contributed by atoms with Gasteiger partial charge < -0.3 is 24.4 Å². The van der Waals surface area contributed by atoms with Crippen LogP contribution in [0.2, 0.25) is 0 Å². The smallest absolute Gasteiger partial charge is 0.338 e. The molecule has 2 heterocycles. The minimum absolute atomic E-state index is 0.0716. The number of amidine groups is 1. The standard InChI is InChI=1S/C30H35N3O5S/c1-6-19(3)31-26(34)16-22-18-39-30-32-23(7-2)27(29(35)37-5)28(33(22)30)21-13-14-24(25(15-21)36-4)38-17-20-11-9-8-10-12-20/h8-15,18-19,28H,6-7,16-17H2,1-5H3,(H,31,34)/t19-,28-/m1/s1. The van der Waals surface area contributed by atoms with Crippen molar-refractivity contribution in [3.8, 4) is 11.5 Å². The number of nitrogens with zero attached hydrogens (tertiary/aromatic N) is 2. The lowest BCUT2D eigenvalue weighted by Crippen LogP contribution is -2.39. The Kier molecular flexibility index (Phi) is 9.35. The number of thioether (sulfide) groups is 1. The van der Waals surface area contributed by atoms with Crippen LogP contribution in [0.25, 0.3) is 0 Å². The molecular formula is C30H35N3O5S. The molecule has 39 heavy (non-hydrogen) atoms. The zero-order valence-electron chi connectivity index (χ0n) is 23.0. The van der Waals surface area contributed by atoms with Crippen LogP contribution < -0.4 is 14.8 Å². The second-order valence-electron chi connectivity index (χ2n) is 9.34. The van der Waals surface area contributed by atoms with Gasteiger partial charge in [0.05, 0.1) is 38.0 Å². The van der Waals surface area contributed by atoms with E-state index in [4.69, 9.17) is 19.2 Å². The second-order valence-corrected chi connectivity index (χ2v) is 10.2. The molecule has 0 aromatic heterocycles. The molecule has 2 aliphatic rings. The highest BCUT2D eigenvalue weighted by Crippen LogP contribution is 2.46. The van der Waals surface area contributed by atoms with E-state index < -0.39 is 12.0 Å². The first-order valence-electron chi connectivity index (χ1n) is 13.1. The average molecular weight is 550 g/mol. The van der Waals surface area contributed by atoms with Crippen LogP contribution in [0, 0.1) is 0 Å². The number of allylic oxidation sites excluding steroid dienone is 1. The summed E-state index contributed by atoms with van der Waals surface area (Å²) in [7, 11) is 2.96. The predicted octanol–water partition coefficient (Wildman–Crippen LogP) is 5.72. The highest BCUT2D eigenvalue weighted by atomic mass is 32.2. The van der Waals surface area contributed by atoms with Crippen molar-refractivity contribution in [3.05, 3.63) is 82.0 Å². The molecule has 4 rings (SSSR count). The summed E-state index contributed by atoms with van der Waals surface area (Å²) in [4.78, 5) is 32.8. The van der Waals surface area contributed by atoms with Crippen molar-refractivity contribution in [1.82, 2.24) is 10.2 Å². The Hall–Kier alpha value is -3.72. The molecule has 1 amide bonds. The number of aliphatic imine (C=N–C) groups is 1. The summed E-state index contributed by atoms with van der Waals surface area (Å²) in [5, 5.41) is 5.69. The van der Waals surface area contributed by atoms with Crippen LogP contribution in [0.3, 0.4) is 0 Å². The number of methoxy groups -OCH3 is 2. The predicted molar refractivity (Wildman–Crippen MR) is 153 cm³/mol.